The molecule has 2 aromatic carbocycles. The van der Waals surface area contributed by atoms with E-state index in [9.17, 15) is 0 Å². The van der Waals surface area contributed by atoms with Crippen molar-refractivity contribution in [1.82, 2.24) is 0 Å². The van der Waals surface area contributed by atoms with Gasteiger partial charge in [0.15, 0.2) is 0 Å². The molecule has 0 bridgehead atoms. The molecule has 0 atom stereocenters. The zero-order chi connectivity index (χ0) is 21.3. The number of fused-ring (bicyclic) bond motifs is 3. The fourth-order valence-corrected chi connectivity index (χ4v) is 19.0. The molecule has 0 fully saturated rings. The van der Waals surface area contributed by atoms with Crippen LogP contribution in [-0.4, -0.2) is 26.5 Å². The van der Waals surface area contributed by atoms with Gasteiger partial charge < -0.3 is 0 Å². The van der Waals surface area contributed by atoms with Crippen molar-refractivity contribution in [3.63, 3.8) is 0 Å². The SMILES string of the molecule is Cc1ccc([Si]2(c3ccc(C)cc3)c3cc(C)sc3-c3s[c]([Sn]([CH3])([CH3])[CH3])cc32)cc1. The standard InChI is InChI=1S/C23H19S2Si.3CH3.Sn/c1-15-4-8-18(9-5-15)26(19-10-6-16(2)7-11-19)20-12-13-24-22(20)23-21(26)14-17(3)25-23;;;;/h4-12,14H,1-3H3;3*1H3;. The van der Waals surface area contributed by atoms with E-state index in [1.165, 1.54) is 26.4 Å². The Morgan fingerprint density at radius 1 is 0.633 bits per heavy atom. The Hall–Kier alpha value is -1.14. The number of aryl methyl sites for hydroxylation is 3. The molecule has 152 valence electrons. The molecular formula is C26H28S2SiSn. The molecule has 3 heterocycles. The van der Waals surface area contributed by atoms with E-state index in [1.807, 2.05) is 11.3 Å². The molecule has 0 nitrogen and oxygen atoms in total. The summed E-state index contributed by atoms with van der Waals surface area (Å²) >= 11 is 1.96. The molecule has 0 spiro atoms. The van der Waals surface area contributed by atoms with Crippen LogP contribution >= 0.6 is 22.7 Å². The molecule has 1 aliphatic rings. The summed E-state index contributed by atoms with van der Waals surface area (Å²) in [6, 6.07) is 24.1. The predicted octanol–water partition coefficient (Wildman–Crippen LogP) is 4.64. The van der Waals surface area contributed by atoms with Crippen molar-refractivity contribution in [2.24, 2.45) is 0 Å². The van der Waals surface area contributed by atoms with Crippen molar-refractivity contribution in [3.8, 4) is 9.75 Å². The van der Waals surface area contributed by atoms with Gasteiger partial charge in [-0.15, -0.1) is 0 Å². The monoisotopic (exact) mass is 552 g/mol. The van der Waals surface area contributed by atoms with Gasteiger partial charge in [-0.05, 0) is 0 Å². The molecule has 30 heavy (non-hydrogen) atoms. The summed E-state index contributed by atoms with van der Waals surface area (Å²) < 4.78 is 1.71. The van der Waals surface area contributed by atoms with E-state index in [4.69, 9.17) is 0 Å². The Bertz CT molecular complexity index is 1190. The fourth-order valence-electron chi connectivity index (χ4n) is 4.71. The van der Waals surface area contributed by atoms with E-state index < -0.39 is 26.5 Å². The van der Waals surface area contributed by atoms with Gasteiger partial charge in [0.1, 0.15) is 0 Å². The summed E-state index contributed by atoms with van der Waals surface area (Å²) in [6.45, 7) is 6.67. The summed E-state index contributed by atoms with van der Waals surface area (Å²) in [4.78, 5) is 12.2. The molecule has 5 rings (SSSR count). The van der Waals surface area contributed by atoms with Gasteiger partial charge in [0.25, 0.3) is 0 Å². The van der Waals surface area contributed by atoms with Crippen LogP contribution in [0.2, 0.25) is 14.8 Å². The van der Waals surface area contributed by atoms with E-state index in [0.717, 1.165) is 0 Å². The van der Waals surface area contributed by atoms with Gasteiger partial charge in [-0.2, -0.15) is 0 Å². The van der Waals surface area contributed by atoms with Crippen molar-refractivity contribution < 1.29 is 0 Å². The van der Waals surface area contributed by atoms with Crippen molar-refractivity contribution in [1.29, 1.82) is 0 Å². The second kappa shape index (κ2) is 7.19. The third-order valence-corrected chi connectivity index (χ3v) is 23.3. The summed E-state index contributed by atoms with van der Waals surface area (Å²) in [7, 11) is -2.25. The molecule has 0 saturated heterocycles. The number of thiophene rings is 2. The van der Waals surface area contributed by atoms with E-state index in [0.29, 0.717) is 0 Å². The Balaban J connectivity index is 1.92. The molecule has 0 saturated carbocycles. The van der Waals surface area contributed by atoms with Crippen LogP contribution in [0.5, 0.6) is 0 Å². The van der Waals surface area contributed by atoms with Crippen molar-refractivity contribution in [2.75, 3.05) is 0 Å². The summed E-state index contributed by atoms with van der Waals surface area (Å²) in [6.07, 6.45) is 0. The van der Waals surface area contributed by atoms with Gasteiger partial charge in [-0.25, -0.2) is 0 Å². The minimum absolute atomic E-state index is 1.34. The van der Waals surface area contributed by atoms with Gasteiger partial charge in [0.2, 0.25) is 0 Å². The summed E-state index contributed by atoms with van der Waals surface area (Å²) in [5, 5.41) is 6.34. The molecule has 0 N–H and O–H groups in total. The first-order valence-corrected chi connectivity index (χ1v) is 24.2. The van der Waals surface area contributed by atoms with Crippen molar-refractivity contribution in [2.45, 2.75) is 35.6 Å². The van der Waals surface area contributed by atoms with Gasteiger partial charge >= 0.3 is 195 Å². The van der Waals surface area contributed by atoms with E-state index in [2.05, 4.69) is 108 Å². The first-order chi connectivity index (χ1) is 14.2. The van der Waals surface area contributed by atoms with Crippen LogP contribution in [0.25, 0.3) is 9.75 Å². The third-order valence-electron chi connectivity index (χ3n) is 6.31. The van der Waals surface area contributed by atoms with Crippen LogP contribution in [0.3, 0.4) is 0 Å². The number of hydrogen-bond acceptors (Lipinski definition) is 2. The van der Waals surface area contributed by atoms with Crippen LogP contribution in [0.1, 0.15) is 16.0 Å². The molecule has 4 heteroatoms. The van der Waals surface area contributed by atoms with E-state index >= 15 is 0 Å². The minimum atomic E-state index is -2.25. The summed E-state index contributed by atoms with van der Waals surface area (Å²) in [5.74, 6) is 0. The molecule has 1 aliphatic heterocycles. The normalized spacial score (nSPS) is 14.6. The Morgan fingerprint density at radius 3 is 1.60 bits per heavy atom. The zero-order valence-corrected chi connectivity index (χ0v) is 24.1. The van der Waals surface area contributed by atoms with E-state index in [-0.39, 0.29) is 0 Å². The first kappa shape index (κ1) is 20.7. The van der Waals surface area contributed by atoms with Gasteiger partial charge in [-0.3, -0.25) is 0 Å². The third kappa shape index (κ3) is 3.04. The average Bonchev–Trinajstić information content (AvgIpc) is 3.34. The van der Waals surface area contributed by atoms with E-state index in [1.54, 1.807) is 23.0 Å². The Morgan fingerprint density at radius 2 is 1.10 bits per heavy atom. The molecule has 0 unspecified atom stereocenters. The number of hydrogen-bond donors (Lipinski definition) is 0. The number of rotatable bonds is 3. The average molecular weight is 551 g/mol. The zero-order valence-electron chi connectivity index (χ0n) is 18.6. The predicted molar refractivity (Wildman–Crippen MR) is 142 cm³/mol. The quantitative estimate of drug-likeness (QED) is 0.287. The molecule has 0 aliphatic carbocycles. The Labute approximate surface area is 193 Å². The molecule has 0 amide bonds. The first-order valence-electron chi connectivity index (χ1n) is 10.6. The van der Waals surface area contributed by atoms with Gasteiger partial charge in [-0.1, -0.05) is 0 Å². The summed E-state index contributed by atoms with van der Waals surface area (Å²) in [5.41, 5.74) is 2.67. The van der Waals surface area contributed by atoms with Gasteiger partial charge in [0.05, 0.1) is 0 Å². The Kier molecular flexibility index (Phi) is 4.97. The van der Waals surface area contributed by atoms with Crippen LogP contribution in [-0.2, 0) is 0 Å². The van der Waals surface area contributed by atoms with Gasteiger partial charge in [0, 0.05) is 0 Å². The maximum atomic E-state index is 2.66. The second-order valence-corrected chi connectivity index (χ2v) is 31.1. The molecule has 2 aromatic heterocycles. The molecular weight excluding hydrogens is 523 g/mol. The fraction of sp³-hybridized carbons (Fsp3) is 0.231. The maximum absolute atomic E-state index is 2.66. The topological polar surface area (TPSA) is 0 Å². The van der Waals surface area contributed by atoms with Crippen LogP contribution in [0.4, 0.5) is 0 Å². The molecule has 4 aromatic rings. The van der Waals surface area contributed by atoms with Crippen LogP contribution < -0.4 is 23.6 Å². The molecule has 0 radical (unpaired) electrons. The van der Waals surface area contributed by atoms with Crippen molar-refractivity contribution in [3.05, 3.63) is 76.7 Å². The van der Waals surface area contributed by atoms with Crippen LogP contribution in [0, 0.1) is 20.8 Å². The van der Waals surface area contributed by atoms with Crippen LogP contribution in [0.15, 0.2) is 60.7 Å². The van der Waals surface area contributed by atoms with Crippen molar-refractivity contribution >= 4 is 72.8 Å². The number of benzene rings is 2. The second-order valence-electron chi connectivity index (χ2n) is 9.69.